The first-order chi connectivity index (χ1) is 9.25. The van der Waals surface area contributed by atoms with Crippen LogP contribution in [-0.4, -0.2) is 11.6 Å². The van der Waals surface area contributed by atoms with Gasteiger partial charge in [-0.2, -0.15) is 0 Å². The monoisotopic (exact) mass is 339 g/mol. The first kappa shape index (κ1) is 14.5. The Hall–Kier alpha value is -0.900. The predicted octanol–water partition coefficient (Wildman–Crippen LogP) is 4.65. The number of halogens is 2. The van der Waals surface area contributed by atoms with Gasteiger partial charge in [0.25, 0.3) is 0 Å². The minimum Gasteiger partial charge on any atom is -0.377 e. The number of aromatic nitrogens is 1. The van der Waals surface area contributed by atoms with E-state index < -0.39 is 0 Å². The van der Waals surface area contributed by atoms with Crippen molar-refractivity contribution in [2.45, 2.75) is 19.4 Å². The van der Waals surface area contributed by atoms with Crippen molar-refractivity contribution >= 4 is 27.5 Å². The van der Waals surface area contributed by atoms with Gasteiger partial charge in [0.05, 0.1) is 6.61 Å². The van der Waals surface area contributed by atoms with E-state index in [4.69, 9.17) is 16.3 Å². The van der Waals surface area contributed by atoms with E-state index in [-0.39, 0.29) is 0 Å². The summed E-state index contributed by atoms with van der Waals surface area (Å²) < 4.78 is 6.63. The smallest absolute Gasteiger partial charge is 0.0731 e. The molecular formula is C15H15BrClNO. The summed E-state index contributed by atoms with van der Waals surface area (Å²) >= 11 is 9.51. The first-order valence-corrected chi connectivity index (χ1v) is 7.33. The van der Waals surface area contributed by atoms with Gasteiger partial charge >= 0.3 is 0 Å². The molecule has 4 heteroatoms. The highest BCUT2D eigenvalue weighted by molar-refractivity contribution is 9.10. The highest BCUT2D eigenvalue weighted by Gasteiger charge is 2.01. The van der Waals surface area contributed by atoms with Gasteiger partial charge in [0, 0.05) is 28.5 Å². The molecule has 0 aliphatic carbocycles. The molecule has 0 saturated carbocycles. The summed E-state index contributed by atoms with van der Waals surface area (Å²) in [6, 6.07) is 9.91. The van der Waals surface area contributed by atoms with Crippen molar-refractivity contribution in [3.8, 4) is 0 Å². The Labute approximate surface area is 126 Å². The molecule has 0 amide bonds. The Morgan fingerprint density at radius 1 is 1.16 bits per heavy atom. The summed E-state index contributed by atoms with van der Waals surface area (Å²) in [6.07, 6.45) is 5.64. The minimum atomic E-state index is 0.558. The third kappa shape index (κ3) is 4.94. The third-order valence-corrected chi connectivity index (χ3v) is 3.62. The van der Waals surface area contributed by atoms with E-state index >= 15 is 0 Å². The van der Waals surface area contributed by atoms with Crippen LogP contribution in [-0.2, 0) is 17.8 Å². The van der Waals surface area contributed by atoms with Crippen LogP contribution in [0.5, 0.6) is 0 Å². The van der Waals surface area contributed by atoms with E-state index in [1.807, 2.05) is 42.7 Å². The summed E-state index contributed by atoms with van der Waals surface area (Å²) in [5, 5.41) is 0.739. The fourth-order valence-corrected chi connectivity index (χ4v) is 2.48. The Balaban J connectivity index is 1.69. The zero-order valence-corrected chi connectivity index (χ0v) is 12.8. The van der Waals surface area contributed by atoms with Gasteiger partial charge in [0.15, 0.2) is 0 Å². The van der Waals surface area contributed by atoms with Crippen molar-refractivity contribution in [3.63, 3.8) is 0 Å². The molecule has 0 N–H and O–H groups in total. The molecule has 1 heterocycles. The number of hydrogen-bond donors (Lipinski definition) is 0. The molecule has 2 nitrogen and oxygen atoms in total. The number of benzene rings is 1. The first-order valence-electron chi connectivity index (χ1n) is 6.16. The van der Waals surface area contributed by atoms with Crippen LogP contribution in [0.4, 0.5) is 0 Å². The highest BCUT2D eigenvalue weighted by atomic mass is 79.9. The number of ether oxygens (including phenoxy) is 1. The van der Waals surface area contributed by atoms with E-state index in [9.17, 15) is 0 Å². The maximum absolute atomic E-state index is 6.12. The average Bonchev–Trinajstić information content (AvgIpc) is 2.42. The molecule has 0 atom stereocenters. The van der Waals surface area contributed by atoms with Crippen LogP contribution in [0, 0.1) is 0 Å². The molecule has 2 rings (SSSR count). The van der Waals surface area contributed by atoms with Gasteiger partial charge in [-0.15, -0.1) is 0 Å². The van der Waals surface area contributed by atoms with Gasteiger partial charge in [-0.3, -0.25) is 4.98 Å². The van der Waals surface area contributed by atoms with E-state index in [0.717, 1.165) is 34.5 Å². The molecule has 0 aliphatic heterocycles. The molecule has 1 aromatic heterocycles. The molecule has 0 aliphatic rings. The number of aryl methyl sites for hydroxylation is 1. The van der Waals surface area contributed by atoms with E-state index in [1.54, 1.807) is 0 Å². The van der Waals surface area contributed by atoms with Gasteiger partial charge in [0.2, 0.25) is 0 Å². The van der Waals surface area contributed by atoms with E-state index in [2.05, 4.69) is 20.9 Å². The molecule has 1 aromatic carbocycles. The quantitative estimate of drug-likeness (QED) is 0.714. The van der Waals surface area contributed by atoms with Crippen LogP contribution in [0.15, 0.2) is 47.2 Å². The van der Waals surface area contributed by atoms with Crippen LogP contribution in [0.25, 0.3) is 0 Å². The molecule has 19 heavy (non-hydrogen) atoms. The second-order valence-electron chi connectivity index (χ2n) is 4.25. The zero-order valence-electron chi connectivity index (χ0n) is 10.5. The molecule has 100 valence electrons. The van der Waals surface area contributed by atoms with Crippen LogP contribution in [0.1, 0.15) is 17.5 Å². The summed E-state index contributed by atoms with van der Waals surface area (Å²) in [5.74, 6) is 0. The molecule has 0 radical (unpaired) electrons. The van der Waals surface area contributed by atoms with Crippen molar-refractivity contribution in [3.05, 3.63) is 63.3 Å². The van der Waals surface area contributed by atoms with Crippen LogP contribution < -0.4 is 0 Å². The molecule has 2 aromatic rings. The predicted molar refractivity (Wildman–Crippen MR) is 81.4 cm³/mol. The van der Waals surface area contributed by atoms with Crippen molar-refractivity contribution in [1.82, 2.24) is 4.98 Å². The number of hydrogen-bond acceptors (Lipinski definition) is 2. The van der Waals surface area contributed by atoms with Gasteiger partial charge < -0.3 is 4.74 Å². The minimum absolute atomic E-state index is 0.558. The topological polar surface area (TPSA) is 22.1 Å². The largest absolute Gasteiger partial charge is 0.377 e. The van der Waals surface area contributed by atoms with Crippen molar-refractivity contribution in [2.75, 3.05) is 6.61 Å². The lowest BCUT2D eigenvalue weighted by atomic mass is 10.1. The van der Waals surface area contributed by atoms with Gasteiger partial charge in [-0.25, -0.2) is 0 Å². The zero-order chi connectivity index (χ0) is 13.5. The summed E-state index contributed by atoms with van der Waals surface area (Å²) in [5.41, 5.74) is 2.31. The molecule has 0 unspecified atom stereocenters. The number of rotatable bonds is 6. The average molecular weight is 341 g/mol. The van der Waals surface area contributed by atoms with Crippen LogP contribution in [0.2, 0.25) is 5.02 Å². The van der Waals surface area contributed by atoms with Gasteiger partial charge in [0.1, 0.15) is 0 Å². The Morgan fingerprint density at radius 2 is 1.95 bits per heavy atom. The lowest BCUT2D eigenvalue weighted by molar-refractivity contribution is 0.119. The van der Waals surface area contributed by atoms with Crippen LogP contribution in [0.3, 0.4) is 0 Å². The summed E-state index contributed by atoms with van der Waals surface area (Å²) in [7, 11) is 0. The van der Waals surface area contributed by atoms with Crippen molar-refractivity contribution in [1.29, 1.82) is 0 Å². The van der Waals surface area contributed by atoms with Crippen molar-refractivity contribution < 1.29 is 4.74 Å². The van der Waals surface area contributed by atoms with E-state index in [0.29, 0.717) is 6.61 Å². The fraction of sp³-hybridized carbons (Fsp3) is 0.267. The fourth-order valence-electron chi connectivity index (χ4n) is 1.75. The maximum atomic E-state index is 6.12. The molecule has 0 bridgehead atoms. The number of pyridine rings is 1. The SMILES string of the molecule is Clc1cc(Br)ccc1COCCCc1ccncc1. The van der Waals surface area contributed by atoms with Crippen LogP contribution >= 0.6 is 27.5 Å². The van der Waals surface area contributed by atoms with E-state index in [1.165, 1.54) is 5.56 Å². The lowest BCUT2D eigenvalue weighted by Crippen LogP contribution is -1.98. The van der Waals surface area contributed by atoms with Gasteiger partial charge in [-0.1, -0.05) is 33.6 Å². The highest BCUT2D eigenvalue weighted by Crippen LogP contribution is 2.21. The normalized spacial score (nSPS) is 10.6. The summed E-state index contributed by atoms with van der Waals surface area (Å²) in [6.45, 7) is 1.29. The third-order valence-electron chi connectivity index (χ3n) is 2.78. The summed E-state index contributed by atoms with van der Waals surface area (Å²) in [4.78, 5) is 4.00. The Bertz CT molecular complexity index is 519. The standard InChI is InChI=1S/C15H15BrClNO/c16-14-4-3-13(15(17)10-14)11-19-9-1-2-12-5-7-18-8-6-12/h3-8,10H,1-2,9,11H2. The second-order valence-corrected chi connectivity index (χ2v) is 5.57. The molecular weight excluding hydrogens is 326 g/mol. The maximum Gasteiger partial charge on any atom is 0.0731 e. The number of nitrogens with zero attached hydrogens (tertiary/aromatic N) is 1. The van der Waals surface area contributed by atoms with Gasteiger partial charge in [-0.05, 0) is 48.2 Å². The molecule has 0 spiro atoms. The lowest BCUT2D eigenvalue weighted by Gasteiger charge is -2.06. The molecule has 0 fully saturated rings. The van der Waals surface area contributed by atoms with Crippen molar-refractivity contribution in [2.24, 2.45) is 0 Å². The Kier molecular flexibility index (Phi) is 5.83. The Morgan fingerprint density at radius 3 is 2.68 bits per heavy atom. The molecule has 0 saturated heterocycles. The second kappa shape index (κ2) is 7.63.